The van der Waals surface area contributed by atoms with Gasteiger partial charge in [0.05, 0.1) is 12.1 Å². The first kappa shape index (κ1) is 17.5. The van der Waals surface area contributed by atoms with Crippen molar-refractivity contribution in [1.29, 1.82) is 0 Å². The van der Waals surface area contributed by atoms with Gasteiger partial charge in [0, 0.05) is 25.1 Å². The molecule has 0 fully saturated rings. The number of rotatable bonds is 7. The molecule has 3 rings (SSSR count). The van der Waals surface area contributed by atoms with Gasteiger partial charge >= 0.3 is 0 Å². The van der Waals surface area contributed by atoms with Gasteiger partial charge in [-0.25, -0.2) is 4.39 Å². The van der Waals surface area contributed by atoms with Crippen LogP contribution in [0, 0.1) is 12.7 Å². The predicted octanol–water partition coefficient (Wildman–Crippen LogP) is 4.01. The molecule has 25 heavy (non-hydrogen) atoms. The lowest BCUT2D eigenvalue weighted by atomic mass is 10.1. The van der Waals surface area contributed by atoms with Crippen molar-refractivity contribution in [2.45, 2.75) is 19.8 Å². The van der Waals surface area contributed by atoms with E-state index < -0.39 is 0 Å². The molecule has 0 aliphatic rings. The smallest absolute Gasteiger partial charge is 0.165 e. The Morgan fingerprint density at radius 3 is 2.64 bits per heavy atom. The molecule has 0 spiro atoms. The zero-order chi connectivity index (χ0) is 17.8. The molecule has 0 atom stereocenters. The molecule has 0 bridgehead atoms. The van der Waals surface area contributed by atoms with Crippen LogP contribution in [0.5, 0.6) is 5.75 Å². The first-order valence-electron chi connectivity index (χ1n) is 8.70. The molecule has 0 amide bonds. The molecule has 0 saturated heterocycles. The van der Waals surface area contributed by atoms with Gasteiger partial charge in [-0.05, 0) is 55.8 Å². The maximum Gasteiger partial charge on any atom is 0.165 e. The van der Waals surface area contributed by atoms with Crippen LogP contribution in [0.25, 0.3) is 10.9 Å². The number of hydrogen-bond acceptors (Lipinski definition) is 2. The topological polar surface area (TPSA) is 26.2 Å². The zero-order valence-corrected chi connectivity index (χ0v) is 15.1. The second-order valence-electron chi connectivity index (χ2n) is 6.41. The highest BCUT2D eigenvalue weighted by Crippen LogP contribution is 2.33. The van der Waals surface area contributed by atoms with E-state index >= 15 is 0 Å². The molecule has 0 unspecified atom stereocenters. The number of ether oxygens (including phenoxy) is 1. The second kappa shape index (κ2) is 7.70. The Hall–Kier alpha value is -2.33. The summed E-state index contributed by atoms with van der Waals surface area (Å²) in [6.07, 6.45) is 3.67. The molecular formula is C21H25FN2O. The Balaban J connectivity index is 1.87. The number of benzene rings is 2. The molecule has 1 heterocycles. The monoisotopic (exact) mass is 340 g/mol. The van der Waals surface area contributed by atoms with Crippen molar-refractivity contribution in [3.8, 4) is 5.75 Å². The summed E-state index contributed by atoms with van der Waals surface area (Å²) in [5.74, 6) is 0.0759. The Morgan fingerprint density at radius 1 is 1.08 bits per heavy atom. The van der Waals surface area contributed by atoms with Crippen LogP contribution in [0.4, 0.5) is 4.39 Å². The summed E-state index contributed by atoms with van der Waals surface area (Å²) in [5.41, 5.74) is 4.58. The normalized spacial score (nSPS) is 11.2. The number of likely N-dealkylation sites (N-methyl/N-ethyl adjacent to an activating group) is 1. The SMILES string of the molecule is CNCCc1cn(C)c2ccc(F)c(OCCc3ccccc3C)c12. The zero-order valence-electron chi connectivity index (χ0n) is 15.1. The van der Waals surface area contributed by atoms with Crippen molar-refractivity contribution in [1.82, 2.24) is 9.88 Å². The highest BCUT2D eigenvalue weighted by atomic mass is 19.1. The molecule has 2 aromatic carbocycles. The molecule has 3 aromatic rings. The first-order valence-corrected chi connectivity index (χ1v) is 8.70. The van der Waals surface area contributed by atoms with E-state index in [0.717, 1.165) is 35.9 Å². The fourth-order valence-electron chi connectivity index (χ4n) is 3.26. The van der Waals surface area contributed by atoms with Crippen LogP contribution < -0.4 is 10.1 Å². The van der Waals surface area contributed by atoms with Gasteiger partial charge in [0.25, 0.3) is 0 Å². The standard InChI is InChI=1S/C21H25FN2O/c1-15-6-4-5-7-16(15)11-13-25-21-18(22)8-9-19-20(21)17(10-12-23-2)14-24(19)3/h4-9,14,23H,10-13H2,1-3H3. The van der Waals surface area contributed by atoms with E-state index in [-0.39, 0.29) is 5.82 Å². The van der Waals surface area contributed by atoms with Gasteiger partial charge in [-0.1, -0.05) is 24.3 Å². The van der Waals surface area contributed by atoms with Crippen molar-refractivity contribution in [3.63, 3.8) is 0 Å². The summed E-state index contributed by atoms with van der Waals surface area (Å²) in [6, 6.07) is 11.5. The summed E-state index contributed by atoms with van der Waals surface area (Å²) < 4.78 is 22.5. The summed E-state index contributed by atoms with van der Waals surface area (Å²) in [5, 5.41) is 4.04. The fraction of sp³-hybridized carbons (Fsp3) is 0.333. The molecule has 0 aliphatic heterocycles. The highest BCUT2D eigenvalue weighted by Gasteiger charge is 2.16. The number of aromatic nitrogens is 1. The van der Waals surface area contributed by atoms with E-state index in [1.54, 1.807) is 0 Å². The van der Waals surface area contributed by atoms with Gasteiger partial charge in [-0.3, -0.25) is 0 Å². The van der Waals surface area contributed by atoms with Crippen molar-refractivity contribution in [3.05, 3.63) is 65.1 Å². The fourth-order valence-corrected chi connectivity index (χ4v) is 3.26. The van der Waals surface area contributed by atoms with E-state index in [9.17, 15) is 4.39 Å². The van der Waals surface area contributed by atoms with Crippen LogP contribution in [0.15, 0.2) is 42.6 Å². The Bertz CT molecular complexity index is 870. The lowest BCUT2D eigenvalue weighted by Gasteiger charge is -2.12. The number of nitrogens with zero attached hydrogens (tertiary/aromatic N) is 1. The minimum atomic E-state index is -0.297. The van der Waals surface area contributed by atoms with Gasteiger partial charge < -0.3 is 14.6 Å². The van der Waals surface area contributed by atoms with Gasteiger partial charge in [0.15, 0.2) is 11.6 Å². The number of fused-ring (bicyclic) bond motifs is 1. The quantitative estimate of drug-likeness (QED) is 0.703. The van der Waals surface area contributed by atoms with E-state index in [0.29, 0.717) is 12.4 Å². The van der Waals surface area contributed by atoms with Crippen LogP contribution in [-0.4, -0.2) is 24.8 Å². The second-order valence-corrected chi connectivity index (χ2v) is 6.41. The van der Waals surface area contributed by atoms with E-state index in [2.05, 4.69) is 30.6 Å². The number of hydrogen-bond donors (Lipinski definition) is 1. The molecule has 0 aliphatic carbocycles. The summed E-state index contributed by atoms with van der Waals surface area (Å²) in [7, 11) is 3.91. The van der Waals surface area contributed by atoms with Crippen molar-refractivity contribution >= 4 is 10.9 Å². The number of nitrogens with one attached hydrogen (secondary N) is 1. The summed E-state index contributed by atoms with van der Waals surface area (Å²) in [4.78, 5) is 0. The minimum absolute atomic E-state index is 0.297. The molecule has 1 aromatic heterocycles. The minimum Gasteiger partial charge on any atom is -0.489 e. The van der Waals surface area contributed by atoms with Crippen LogP contribution >= 0.6 is 0 Å². The van der Waals surface area contributed by atoms with Crippen molar-refractivity contribution < 1.29 is 9.13 Å². The Morgan fingerprint density at radius 2 is 1.88 bits per heavy atom. The molecule has 132 valence electrons. The lowest BCUT2D eigenvalue weighted by Crippen LogP contribution is -2.10. The molecule has 0 radical (unpaired) electrons. The molecule has 1 N–H and O–H groups in total. The van der Waals surface area contributed by atoms with Crippen LogP contribution in [0.2, 0.25) is 0 Å². The highest BCUT2D eigenvalue weighted by molar-refractivity contribution is 5.90. The van der Waals surface area contributed by atoms with Crippen LogP contribution in [0.1, 0.15) is 16.7 Å². The van der Waals surface area contributed by atoms with E-state index in [4.69, 9.17) is 4.74 Å². The van der Waals surface area contributed by atoms with Crippen molar-refractivity contribution in [2.75, 3.05) is 20.2 Å². The van der Waals surface area contributed by atoms with Crippen molar-refractivity contribution in [2.24, 2.45) is 7.05 Å². The average Bonchev–Trinajstić information content (AvgIpc) is 2.92. The largest absolute Gasteiger partial charge is 0.489 e. The lowest BCUT2D eigenvalue weighted by molar-refractivity contribution is 0.309. The third kappa shape index (κ3) is 3.69. The average molecular weight is 340 g/mol. The maximum atomic E-state index is 14.5. The molecular weight excluding hydrogens is 315 g/mol. The number of halogens is 1. The molecule has 4 heteroatoms. The summed E-state index contributed by atoms with van der Waals surface area (Å²) in [6.45, 7) is 3.39. The van der Waals surface area contributed by atoms with Gasteiger partial charge in [0.1, 0.15) is 0 Å². The first-order chi connectivity index (χ1) is 12.1. The predicted molar refractivity (Wildman–Crippen MR) is 101 cm³/mol. The van der Waals surface area contributed by atoms with Crippen LogP contribution in [-0.2, 0) is 19.9 Å². The molecule has 3 nitrogen and oxygen atoms in total. The van der Waals surface area contributed by atoms with Gasteiger partial charge in [-0.15, -0.1) is 0 Å². The van der Waals surface area contributed by atoms with E-state index in [1.165, 1.54) is 17.2 Å². The maximum absolute atomic E-state index is 14.5. The number of aryl methyl sites for hydroxylation is 2. The Kier molecular flexibility index (Phi) is 5.39. The Labute approximate surface area is 148 Å². The van der Waals surface area contributed by atoms with E-state index in [1.807, 2.05) is 36.9 Å². The molecule has 0 saturated carbocycles. The van der Waals surface area contributed by atoms with Crippen LogP contribution in [0.3, 0.4) is 0 Å². The van der Waals surface area contributed by atoms with Gasteiger partial charge in [0.2, 0.25) is 0 Å². The third-order valence-corrected chi connectivity index (χ3v) is 4.66. The third-order valence-electron chi connectivity index (χ3n) is 4.66. The van der Waals surface area contributed by atoms with Gasteiger partial charge in [-0.2, -0.15) is 0 Å². The summed E-state index contributed by atoms with van der Waals surface area (Å²) >= 11 is 0.